The van der Waals surface area contributed by atoms with Gasteiger partial charge in [0.15, 0.2) is 5.82 Å². The summed E-state index contributed by atoms with van der Waals surface area (Å²) in [6.07, 6.45) is 2.40. The van der Waals surface area contributed by atoms with Crippen molar-refractivity contribution in [2.75, 3.05) is 18.4 Å². The predicted octanol–water partition coefficient (Wildman–Crippen LogP) is 4.41. The number of para-hydroxylation sites is 1. The van der Waals surface area contributed by atoms with Crippen molar-refractivity contribution in [2.24, 2.45) is 7.05 Å². The van der Waals surface area contributed by atoms with Gasteiger partial charge in [-0.05, 0) is 25.3 Å². The molecule has 2 fully saturated rings. The number of carbonyl (C=O) groups is 1. The number of hydrogen-bond donors (Lipinski definition) is 1. The van der Waals surface area contributed by atoms with E-state index in [1.807, 2.05) is 6.92 Å². The van der Waals surface area contributed by atoms with Crippen LogP contribution in [0.2, 0.25) is 5.15 Å². The number of halogens is 2. The fourth-order valence-electron chi connectivity index (χ4n) is 4.27. The highest BCUT2D eigenvalue weighted by Crippen LogP contribution is 2.44. The van der Waals surface area contributed by atoms with E-state index in [1.165, 1.54) is 4.68 Å². The van der Waals surface area contributed by atoms with E-state index in [4.69, 9.17) is 16.1 Å². The first kappa shape index (κ1) is 22.3. The van der Waals surface area contributed by atoms with Gasteiger partial charge in [-0.1, -0.05) is 35.8 Å². The lowest BCUT2D eigenvalue weighted by Crippen LogP contribution is -2.46. The minimum absolute atomic E-state index is 0.279. The largest absolute Gasteiger partial charge is 0.339 e. The van der Waals surface area contributed by atoms with Crippen LogP contribution in [-0.4, -0.2) is 50.1 Å². The Morgan fingerprint density at radius 2 is 2.09 bits per heavy atom. The first-order valence-electron chi connectivity index (χ1n) is 11.1. The molecule has 1 aliphatic carbocycles. The van der Waals surface area contributed by atoms with Crippen LogP contribution in [0.25, 0.3) is 11.1 Å². The summed E-state index contributed by atoms with van der Waals surface area (Å²) in [5.41, 5.74) is 1.61. The van der Waals surface area contributed by atoms with Crippen molar-refractivity contribution in [3.63, 3.8) is 0 Å². The SMILES string of the molecule is Cn1ncc(-c2cccc(C#N)c2NC(=O)N2CCC(C)(c3noc([C@@H]4C[C@@H]4F)n3)CC2)c1Cl. The minimum atomic E-state index is -0.894. The van der Waals surface area contributed by atoms with Crippen molar-refractivity contribution in [1.29, 1.82) is 5.26 Å². The van der Waals surface area contributed by atoms with Crippen molar-refractivity contribution in [3.05, 3.63) is 46.8 Å². The van der Waals surface area contributed by atoms with Crippen LogP contribution in [0.3, 0.4) is 0 Å². The Bertz CT molecular complexity index is 1290. The Labute approximate surface area is 200 Å². The van der Waals surface area contributed by atoms with Crippen LogP contribution in [0, 0.1) is 11.3 Å². The second-order valence-electron chi connectivity index (χ2n) is 9.10. The molecule has 2 aliphatic rings. The number of hydrogen-bond acceptors (Lipinski definition) is 6. The standard InChI is InChI=1S/C23H23ClFN7O2/c1-23(21-29-20(34-30-21)15-10-17(15)25)6-8-32(9-7-23)22(33)28-18-13(11-26)4-3-5-14(18)16-12-27-31(2)19(16)24/h3-5,12,15,17H,6-10H2,1-2H3,(H,28,33)/t15-,17+/m1/s1. The molecule has 3 aromatic rings. The molecule has 3 heterocycles. The number of anilines is 1. The van der Waals surface area contributed by atoms with Crippen molar-refractivity contribution >= 4 is 23.3 Å². The summed E-state index contributed by atoms with van der Waals surface area (Å²) in [7, 11) is 1.72. The number of alkyl halides is 1. The molecule has 2 atom stereocenters. The fraction of sp³-hybridized carbons (Fsp3) is 0.435. The molecule has 2 amide bonds. The van der Waals surface area contributed by atoms with Gasteiger partial charge in [-0.2, -0.15) is 15.3 Å². The number of benzene rings is 1. The summed E-state index contributed by atoms with van der Waals surface area (Å²) in [4.78, 5) is 19.3. The highest BCUT2D eigenvalue weighted by molar-refractivity contribution is 6.32. The van der Waals surface area contributed by atoms with E-state index >= 15 is 0 Å². The number of piperidine rings is 1. The van der Waals surface area contributed by atoms with Crippen LogP contribution in [0.1, 0.15) is 49.4 Å². The van der Waals surface area contributed by atoms with Gasteiger partial charge in [-0.3, -0.25) is 4.68 Å². The highest BCUT2D eigenvalue weighted by Gasteiger charge is 2.45. The van der Waals surface area contributed by atoms with Crippen molar-refractivity contribution in [2.45, 2.75) is 43.7 Å². The number of carbonyl (C=O) groups excluding carboxylic acids is 1. The van der Waals surface area contributed by atoms with Crippen LogP contribution in [0.4, 0.5) is 14.9 Å². The van der Waals surface area contributed by atoms with Gasteiger partial charge in [-0.25, -0.2) is 9.18 Å². The number of aryl methyl sites for hydroxylation is 1. The molecule has 1 N–H and O–H groups in total. The Hall–Kier alpha value is -3.45. The Balaban J connectivity index is 1.31. The lowest BCUT2D eigenvalue weighted by Gasteiger charge is -2.37. The topological polar surface area (TPSA) is 113 Å². The number of nitrogens with one attached hydrogen (secondary N) is 1. The molecule has 0 bridgehead atoms. The van der Waals surface area contributed by atoms with Crippen LogP contribution >= 0.6 is 11.6 Å². The van der Waals surface area contributed by atoms with Crippen LogP contribution in [0.5, 0.6) is 0 Å². The molecule has 0 unspecified atom stereocenters. The predicted molar refractivity (Wildman–Crippen MR) is 122 cm³/mol. The second-order valence-corrected chi connectivity index (χ2v) is 9.46. The summed E-state index contributed by atoms with van der Waals surface area (Å²) in [6.45, 7) is 2.97. The zero-order valence-corrected chi connectivity index (χ0v) is 19.5. The van der Waals surface area contributed by atoms with E-state index in [0.717, 1.165) is 0 Å². The molecule has 1 saturated heterocycles. The number of nitrogens with zero attached hydrogens (tertiary/aromatic N) is 6. The van der Waals surface area contributed by atoms with Gasteiger partial charge < -0.3 is 14.7 Å². The van der Waals surface area contributed by atoms with E-state index < -0.39 is 6.17 Å². The smallest absolute Gasteiger partial charge is 0.321 e. The maximum Gasteiger partial charge on any atom is 0.321 e. The first-order chi connectivity index (χ1) is 16.3. The van der Waals surface area contributed by atoms with Crippen LogP contribution < -0.4 is 5.32 Å². The summed E-state index contributed by atoms with van der Waals surface area (Å²) >= 11 is 6.37. The first-order valence-corrected chi connectivity index (χ1v) is 11.4. The maximum atomic E-state index is 13.3. The lowest BCUT2D eigenvalue weighted by molar-refractivity contribution is 0.169. The molecule has 2 aromatic heterocycles. The van der Waals surface area contributed by atoms with Crippen LogP contribution in [-0.2, 0) is 12.5 Å². The third-order valence-electron chi connectivity index (χ3n) is 6.74. The fourth-order valence-corrected chi connectivity index (χ4v) is 4.47. The van der Waals surface area contributed by atoms with Gasteiger partial charge in [0.1, 0.15) is 17.4 Å². The summed E-state index contributed by atoms with van der Waals surface area (Å²) in [6, 6.07) is 7.01. The Morgan fingerprint density at radius 3 is 2.71 bits per heavy atom. The van der Waals surface area contributed by atoms with Gasteiger partial charge in [0.05, 0.1) is 23.4 Å². The summed E-state index contributed by atoms with van der Waals surface area (Å²) < 4.78 is 20.1. The van der Waals surface area contributed by atoms with Gasteiger partial charge in [0.2, 0.25) is 5.89 Å². The van der Waals surface area contributed by atoms with Crippen molar-refractivity contribution in [3.8, 4) is 17.2 Å². The highest BCUT2D eigenvalue weighted by atomic mass is 35.5. The molecule has 34 heavy (non-hydrogen) atoms. The van der Waals surface area contributed by atoms with Crippen molar-refractivity contribution in [1.82, 2.24) is 24.8 Å². The van der Waals surface area contributed by atoms with Gasteiger partial charge in [0.25, 0.3) is 0 Å². The number of amides is 2. The van der Waals surface area contributed by atoms with E-state index in [2.05, 4.69) is 26.6 Å². The number of aromatic nitrogens is 4. The minimum Gasteiger partial charge on any atom is -0.339 e. The third kappa shape index (κ3) is 3.90. The maximum absolute atomic E-state index is 13.3. The molecular formula is C23H23ClFN7O2. The molecule has 0 radical (unpaired) electrons. The average molecular weight is 484 g/mol. The van der Waals surface area contributed by atoms with Crippen molar-refractivity contribution < 1.29 is 13.7 Å². The summed E-state index contributed by atoms with van der Waals surface area (Å²) in [5, 5.41) is 21.2. The summed E-state index contributed by atoms with van der Waals surface area (Å²) in [5.74, 6) is 0.641. The molecule has 9 nitrogen and oxygen atoms in total. The molecule has 5 rings (SSSR count). The molecule has 1 aromatic carbocycles. The van der Waals surface area contributed by atoms with E-state index in [0.29, 0.717) is 71.6 Å². The molecule has 0 spiro atoms. The third-order valence-corrected chi connectivity index (χ3v) is 7.19. The Morgan fingerprint density at radius 1 is 1.35 bits per heavy atom. The van der Waals surface area contributed by atoms with Gasteiger partial charge in [0, 0.05) is 36.7 Å². The zero-order chi connectivity index (χ0) is 24.0. The zero-order valence-electron chi connectivity index (χ0n) is 18.8. The number of rotatable bonds is 4. The van der Waals surface area contributed by atoms with Gasteiger partial charge in [-0.15, -0.1) is 0 Å². The normalized spacial score (nSPS) is 21.2. The monoisotopic (exact) mass is 483 g/mol. The number of urea groups is 1. The number of nitriles is 1. The molecule has 1 aliphatic heterocycles. The average Bonchev–Trinajstić information content (AvgIpc) is 3.20. The second kappa shape index (κ2) is 8.40. The molecule has 176 valence electrons. The molecular weight excluding hydrogens is 461 g/mol. The number of likely N-dealkylation sites (tertiary alicyclic amines) is 1. The molecule has 1 saturated carbocycles. The molecule has 11 heteroatoms. The van der Waals surface area contributed by atoms with E-state index in [9.17, 15) is 14.4 Å². The van der Waals surface area contributed by atoms with E-state index in [-0.39, 0.29) is 17.4 Å². The Kier molecular flexibility index (Phi) is 5.52. The van der Waals surface area contributed by atoms with Crippen LogP contribution in [0.15, 0.2) is 28.9 Å². The van der Waals surface area contributed by atoms with E-state index in [1.54, 1.807) is 36.3 Å². The lowest BCUT2D eigenvalue weighted by atomic mass is 9.80. The quantitative estimate of drug-likeness (QED) is 0.588. The van der Waals surface area contributed by atoms with Gasteiger partial charge >= 0.3 is 6.03 Å².